The molecule has 0 aliphatic carbocycles. The number of aliphatic imine (C=N–C) groups is 1. The molecule has 0 bridgehead atoms. The van der Waals surface area contributed by atoms with Crippen LogP contribution in [0.5, 0.6) is 11.5 Å². The van der Waals surface area contributed by atoms with E-state index in [1.165, 1.54) is 5.56 Å². The summed E-state index contributed by atoms with van der Waals surface area (Å²) in [5, 5.41) is 8.97. The van der Waals surface area contributed by atoms with Crippen LogP contribution in [-0.2, 0) is 17.6 Å². The molecule has 0 saturated carbocycles. The van der Waals surface area contributed by atoms with Crippen LogP contribution in [0.2, 0.25) is 0 Å². The second kappa shape index (κ2) is 10.6. The molecule has 0 saturated heterocycles. The van der Waals surface area contributed by atoms with E-state index in [2.05, 4.69) is 95.4 Å². The van der Waals surface area contributed by atoms with E-state index < -0.39 is 5.97 Å². The molecule has 10 heteroatoms. The SMILES string of the molecule is NC(N)=NCCc1c(I)cc(Oc2c(I)cc(CC(=O)O)cc2I)cc1I. The van der Waals surface area contributed by atoms with Crippen LogP contribution in [0.4, 0.5) is 0 Å². The van der Waals surface area contributed by atoms with Gasteiger partial charge in [0.1, 0.15) is 5.75 Å². The smallest absolute Gasteiger partial charge is 0.307 e. The van der Waals surface area contributed by atoms with Gasteiger partial charge in [0.2, 0.25) is 0 Å². The van der Waals surface area contributed by atoms with Gasteiger partial charge in [-0.25, -0.2) is 0 Å². The highest BCUT2D eigenvalue weighted by atomic mass is 127. The molecule has 0 heterocycles. The fourth-order valence-corrected chi connectivity index (χ4v) is 6.65. The van der Waals surface area contributed by atoms with Gasteiger partial charge in [-0.2, -0.15) is 0 Å². The van der Waals surface area contributed by atoms with Crippen molar-refractivity contribution in [1.29, 1.82) is 0 Å². The van der Waals surface area contributed by atoms with Crippen LogP contribution in [0.3, 0.4) is 0 Å². The van der Waals surface area contributed by atoms with Gasteiger partial charge in [0.05, 0.1) is 13.6 Å². The van der Waals surface area contributed by atoms with Crippen LogP contribution >= 0.6 is 90.4 Å². The lowest BCUT2D eigenvalue weighted by molar-refractivity contribution is -0.136. The number of hydrogen-bond acceptors (Lipinski definition) is 3. The topological polar surface area (TPSA) is 111 Å². The number of rotatable bonds is 7. The first kappa shape index (κ1) is 23.2. The zero-order valence-electron chi connectivity index (χ0n) is 13.8. The molecule has 5 N–H and O–H groups in total. The van der Waals surface area contributed by atoms with Gasteiger partial charge >= 0.3 is 5.97 Å². The zero-order valence-corrected chi connectivity index (χ0v) is 22.4. The number of nitrogens with two attached hydrogens (primary N) is 2. The molecule has 0 aliphatic heterocycles. The molecule has 0 spiro atoms. The number of halogens is 4. The minimum atomic E-state index is -0.851. The summed E-state index contributed by atoms with van der Waals surface area (Å²) in [6, 6.07) is 7.63. The lowest BCUT2D eigenvalue weighted by Gasteiger charge is -2.14. The van der Waals surface area contributed by atoms with Gasteiger partial charge < -0.3 is 21.3 Å². The van der Waals surface area contributed by atoms with Crippen LogP contribution in [0.25, 0.3) is 0 Å². The minimum absolute atomic E-state index is 0.00737. The summed E-state index contributed by atoms with van der Waals surface area (Å²) in [4.78, 5) is 15.0. The number of ether oxygens (including phenoxy) is 1. The Hall–Kier alpha value is -0.1000. The van der Waals surface area contributed by atoms with Gasteiger partial charge in [-0.05, 0) is 132 Å². The summed E-state index contributed by atoms with van der Waals surface area (Å²) < 4.78 is 10.0. The maximum atomic E-state index is 10.9. The van der Waals surface area contributed by atoms with E-state index in [4.69, 9.17) is 21.3 Å². The summed E-state index contributed by atoms with van der Waals surface area (Å²) in [5.41, 5.74) is 12.7. The van der Waals surface area contributed by atoms with Crippen LogP contribution in [0.15, 0.2) is 29.3 Å². The fourth-order valence-electron chi connectivity index (χ4n) is 2.28. The van der Waals surface area contributed by atoms with E-state index in [0.717, 1.165) is 37.8 Å². The molecular weight excluding hydrogens is 802 g/mol. The van der Waals surface area contributed by atoms with E-state index in [-0.39, 0.29) is 12.4 Å². The molecule has 2 aromatic rings. The quantitative estimate of drug-likeness (QED) is 0.219. The maximum Gasteiger partial charge on any atom is 0.307 e. The van der Waals surface area contributed by atoms with Crippen molar-refractivity contribution in [2.45, 2.75) is 12.8 Å². The maximum absolute atomic E-state index is 10.9. The highest BCUT2D eigenvalue weighted by Gasteiger charge is 2.14. The third-order valence-electron chi connectivity index (χ3n) is 3.40. The predicted octanol–water partition coefficient (Wildman–Crippen LogP) is 4.34. The van der Waals surface area contributed by atoms with E-state index in [1.54, 1.807) is 0 Å². The van der Waals surface area contributed by atoms with Crippen LogP contribution in [0, 0.1) is 14.3 Å². The molecular formula is C17H15I4N3O3. The molecule has 27 heavy (non-hydrogen) atoms. The Bertz CT molecular complexity index is 853. The second-order valence-electron chi connectivity index (χ2n) is 5.48. The summed E-state index contributed by atoms with van der Waals surface area (Å²) >= 11 is 8.90. The van der Waals surface area contributed by atoms with E-state index in [1.807, 2.05) is 24.3 Å². The van der Waals surface area contributed by atoms with Crippen molar-refractivity contribution in [1.82, 2.24) is 0 Å². The molecule has 0 aliphatic rings. The molecule has 144 valence electrons. The lowest BCUT2D eigenvalue weighted by Crippen LogP contribution is -2.23. The first-order valence-corrected chi connectivity index (χ1v) is 11.9. The molecule has 2 rings (SSSR count). The van der Waals surface area contributed by atoms with Gasteiger partial charge in [0.25, 0.3) is 0 Å². The minimum Gasteiger partial charge on any atom is -0.481 e. The third-order valence-corrected chi connectivity index (χ3v) is 6.93. The Balaban J connectivity index is 2.25. The van der Waals surface area contributed by atoms with E-state index >= 15 is 0 Å². The Morgan fingerprint density at radius 2 is 1.56 bits per heavy atom. The second-order valence-corrected chi connectivity index (χ2v) is 10.1. The molecule has 2 aromatic carbocycles. The summed E-state index contributed by atoms with van der Waals surface area (Å²) in [6.07, 6.45) is 0.736. The number of hydrogen-bond donors (Lipinski definition) is 3. The Labute approximate surface area is 211 Å². The molecule has 0 unspecified atom stereocenters. The Morgan fingerprint density at radius 3 is 2.04 bits per heavy atom. The molecule has 0 radical (unpaired) electrons. The van der Waals surface area contributed by atoms with Gasteiger partial charge in [-0.3, -0.25) is 9.79 Å². The van der Waals surface area contributed by atoms with Gasteiger partial charge in [-0.15, -0.1) is 0 Å². The lowest BCUT2D eigenvalue weighted by atomic mass is 10.1. The summed E-state index contributed by atoms with van der Waals surface area (Å²) in [5.74, 6) is 0.701. The van der Waals surface area contributed by atoms with Crippen LogP contribution in [-0.4, -0.2) is 23.6 Å². The van der Waals surface area contributed by atoms with Crippen molar-refractivity contribution in [3.8, 4) is 11.5 Å². The normalized spacial score (nSPS) is 10.5. The average Bonchev–Trinajstić information content (AvgIpc) is 2.52. The summed E-state index contributed by atoms with van der Waals surface area (Å²) in [7, 11) is 0. The number of carboxylic acid groups (broad SMARTS) is 1. The predicted molar refractivity (Wildman–Crippen MR) is 140 cm³/mol. The molecule has 0 fully saturated rings. The number of carboxylic acids is 1. The van der Waals surface area contributed by atoms with Gasteiger partial charge in [0.15, 0.2) is 11.7 Å². The van der Waals surface area contributed by atoms with Crippen molar-refractivity contribution >= 4 is 102 Å². The number of nitrogens with zero attached hydrogens (tertiary/aromatic N) is 1. The first-order valence-electron chi connectivity index (χ1n) is 7.58. The monoisotopic (exact) mass is 817 g/mol. The molecule has 0 aromatic heterocycles. The van der Waals surface area contributed by atoms with Gasteiger partial charge in [-0.1, -0.05) is 0 Å². The van der Waals surface area contributed by atoms with Gasteiger partial charge in [0, 0.05) is 13.7 Å². The number of aliphatic carboxylic acids is 1. The van der Waals surface area contributed by atoms with Crippen LogP contribution in [0.1, 0.15) is 11.1 Å². The van der Waals surface area contributed by atoms with Crippen molar-refractivity contribution in [3.63, 3.8) is 0 Å². The van der Waals surface area contributed by atoms with Crippen molar-refractivity contribution in [2.24, 2.45) is 16.5 Å². The zero-order chi connectivity index (χ0) is 20.1. The van der Waals surface area contributed by atoms with E-state index in [9.17, 15) is 4.79 Å². The van der Waals surface area contributed by atoms with E-state index in [0.29, 0.717) is 6.54 Å². The molecule has 0 atom stereocenters. The number of benzene rings is 2. The fraction of sp³-hybridized carbons (Fsp3) is 0.176. The number of carbonyl (C=O) groups is 1. The Morgan fingerprint density at radius 1 is 1.00 bits per heavy atom. The largest absolute Gasteiger partial charge is 0.481 e. The van der Waals surface area contributed by atoms with Crippen molar-refractivity contribution < 1.29 is 14.6 Å². The van der Waals surface area contributed by atoms with Crippen LogP contribution < -0.4 is 16.2 Å². The standard InChI is InChI=1S/C17H15I4N3O3/c18-11-6-9(7-12(19)10(11)1-2-24-17(22)23)27-16-13(20)3-8(4-14(16)21)5-15(25)26/h3-4,6-7H,1-2,5H2,(H,25,26)(H4,22,23,24). The number of guanidine groups is 1. The highest BCUT2D eigenvalue weighted by molar-refractivity contribution is 14.1. The average molecular weight is 817 g/mol. The molecule has 6 nitrogen and oxygen atoms in total. The van der Waals surface area contributed by atoms with Crippen molar-refractivity contribution in [3.05, 3.63) is 49.7 Å². The highest BCUT2D eigenvalue weighted by Crippen LogP contribution is 2.35. The first-order chi connectivity index (χ1) is 12.7. The molecule has 0 amide bonds. The Kier molecular flexibility index (Phi) is 9.11. The summed E-state index contributed by atoms with van der Waals surface area (Å²) in [6.45, 7) is 0.537. The van der Waals surface area contributed by atoms with Crippen molar-refractivity contribution in [2.75, 3.05) is 6.54 Å². The third kappa shape index (κ3) is 7.02.